The smallest absolute Gasteiger partial charge is 0.256 e. The highest BCUT2D eigenvalue weighted by Gasteiger charge is 2.35. The summed E-state index contributed by atoms with van der Waals surface area (Å²) in [7, 11) is 0. The molecule has 7 nitrogen and oxygen atoms in total. The van der Waals surface area contributed by atoms with Crippen molar-refractivity contribution >= 4 is 29.0 Å². The highest BCUT2D eigenvalue weighted by molar-refractivity contribution is 7.13. The van der Waals surface area contributed by atoms with Crippen molar-refractivity contribution in [1.82, 2.24) is 10.1 Å². The summed E-state index contributed by atoms with van der Waals surface area (Å²) >= 11 is 1.33. The van der Waals surface area contributed by atoms with E-state index < -0.39 is 5.91 Å². The summed E-state index contributed by atoms with van der Waals surface area (Å²) in [4.78, 5) is 30.1. The second-order valence-electron chi connectivity index (χ2n) is 5.47. The molecule has 23 heavy (non-hydrogen) atoms. The fourth-order valence-corrected chi connectivity index (χ4v) is 3.59. The molecule has 1 fully saturated rings. The Morgan fingerprint density at radius 3 is 2.74 bits per heavy atom. The molecule has 2 amide bonds. The van der Waals surface area contributed by atoms with Crippen molar-refractivity contribution in [3.8, 4) is 10.7 Å². The maximum absolute atomic E-state index is 12.4. The molecule has 0 atom stereocenters. The first-order valence-corrected chi connectivity index (χ1v) is 8.52. The Labute approximate surface area is 137 Å². The van der Waals surface area contributed by atoms with Crippen LogP contribution in [-0.2, 0) is 4.79 Å². The van der Waals surface area contributed by atoms with Crippen LogP contribution in [0.3, 0.4) is 0 Å². The predicted molar refractivity (Wildman–Crippen MR) is 86.2 cm³/mol. The summed E-state index contributed by atoms with van der Waals surface area (Å²) in [5, 5.41) is 6.29. The molecule has 0 aromatic carbocycles. The van der Waals surface area contributed by atoms with E-state index in [9.17, 15) is 9.59 Å². The number of anilines is 1. The maximum Gasteiger partial charge on any atom is 0.256 e. The Morgan fingerprint density at radius 2 is 2.17 bits per heavy atom. The van der Waals surface area contributed by atoms with Crippen LogP contribution in [0.5, 0.6) is 0 Å². The van der Waals surface area contributed by atoms with Gasteiger partial charge in [0.25, 0.3) is 5.91 Å². The number of thiazole rings is 1. The SMILES string of the molecule is CCC(=O)N(c1onc(-c2nccs2)c1C(N)=O)C1CCCC1. The predicted octanol–water partition coefficient (Wildman–Crippen LogP) is 2.58. The summed E-state index contributed by atoms with van der Waals surface area (Å²) in [6, 6.07) is 0.0256. The lowest BCUT2D eigenvalue weighted by atomic mass is 10.1. The first-order valence-electron chi connectivity index (χ1n) is 7.64. The maximum atomic E-state index is 12.4. The summed E-state index contributed by atoms with van der Waals surface area (Å²) in [6.45, 7) is 1.78. The zero-order valence-electron chi connectivity index (χ0n) is 12.8. The van der Waals surface area contributed by atoms with Gasteiger partial charge in [0.05, 0.1) is 0 Å². The topological polar surface area (TPSA) is 102 Å². The minimum absolute atomic E-state index is 0.0256. The average molecular weight is 334 g/mol. The largest absolute Gasteiger partial charge is 0.365 e. The Balaban J connectivity index is 2.09. The monoisotopic (exact) mass is 334 g/mol. The summed E-state index contributed by atoms with van der Waals surface area (Å²) in [5.41, 5.74) is 5.98. The number of nitrogens with two attached hydrogens (primary N) is 1. The lowest BCUT2D eigenvalue weighted by molar-refractivity contribution is -0.119. The van der Waals surface area contributed by atoms with Crippen molar-refractivity contribution in [2.24, 2.45) is 5.73 Å². The molecule has 8 heteroatoms. The van der Waals surface area contributed by atoms with Gasteiger partial charge < -0.3 is 10.3 Å². The normalized spacial score (nSPS) is 15.0. The average Bonchev–Trinajstić information content (AvgIpc) is 3.28. The quantitative estimate of drug-likeness (QED) is 0.905. The Morgan fingerprint density at radius 1 is 1.43 bits per heavy atom. The highest BCUT2D eigenvalue weighted by atomic mass is 32.1. The van der Waals surface area contributed by atoms with Crippen molar-refractivity contribution < 1.29 is 14.1 Å². The fourth-order valence-electron chi connectivity index (χ4n) is 2.97. The molecule has 0 saturated heterocycles. The fraction of sp³-hybridized carbons (Fsp3) is 0.467. The van der Waals surface area contributed by atoms with E-state index >= 15 is 0 Å². The molecule has 122 valence electrons. The molecule has 0 spiro atoms. The molecule has 3 rings (SSSR count). The number of primary amides is 1. The number of carbonyl (C=O) groups is 2. The van der Waals surface area contributed by atoms with Gasteiger partial charge >= 0.3 is 0 Å². The van der Waals surface area contributed by atoms with Crippen molar-refractivity contribution in [1.29, 1.82) is 0 Å². The van der Waals surface area contributed by atoms with Crippen LogP contribution in [-0.4, -0.2) is 28.0 Å². The number of nitrogens with zero attached hydrogens (tertiary/aromatic N) is 3. The van der Waals surface area contributed by atoms with Gasteiger partial charge in [0, 0.05) is 24.0 Å². The van der Waals surface area contributed by atoms with Crippen LogP contribution in [0, 0.1) is 0 Å². The summed E-state index contributed by atoms with van der Waals surface area (Å²) in [5.74, 6) is -0.610. The number of hydrogen-bond acceptors (Lipinski definition) is 6. The van der Waals surface area contributed by atoms with Gasteiger partial charge in [-0.2, -0.15) is 0 Å². The molecule has 2 N–H and O–H groups in total. The van der Waals surface area contributed by atoms with E-state index in [1.807, 2.05) is 0 Å². The molecule has 0 radical (unpaired) electrons. The van der Waals surface area contributed by atoms with Crippen LogP contribution in [0.1, 0.15) is 49.4 Å². The van der Waals surface area contributed by atoms with Gasteiger partial charge in [0.1, 0.15) is 10.6 Å². The van der Waals surface area contributed by atoms with E-state index in [0.29, 0.717) is 17.1 Å². The van der Waals surface area contributed by atoms with Crippen molar-refractivity contribution in [2.75, 3.05) is 4.90 Å². The molecule has 0 unspecified atom stereocenters. The van der Waals surface area contributed by atoms with E-state index in [2.05, 4.69) is 10.1 Å². The van der Waals surface area contributed by atoms with E-state index in [1.54, 1.807) is 23.4 Å². The number of carbonyl (C=O) groups excluding carboxylic acids is 2. The van der Waals surface area contributed by atoms with Crippen LogP contribution in [0.15, 0.2) is 16.1 Å². The standard InChI is InChI=1S/C15H18N4O3S/c1-2-10(20)19(9-5-3-4-6-9)15-11(13(16)21)12(18-22-15)14-17-7-8-23-14/h7-9H,2-6H2,1H3,(H2,16,21). The molecular weight excluding hydrogens is 316 g/mol. The third kappa shape index (κ3) is 2.86. The lowest BCUT2D eigenvalue weighted by Crippen LogP contribution is -2.39. The van der Waals surface area contributed by atoms with Crippen LogP contribution >= 0.6 is 11.3 Å². The van der Waals surface area contributed by atoms with E-state index in [4.69, 9.17) is 10.3 Å². The van der Waals surface area contributed by atoms with Crippen LogP contribution in [0.2, 0.25) is 0 Å². The van der Waals surface area contributed by atoms with Crippen LogP contribution < -0.4 is 10.6 Å². The van der Waals surface area contributed by atoms with Gasteiger partial charge in [-0.25, -0.2) is 4.98 Å². The van der Waals surface area contributed by atoms with Crippen molar-refractivity contribution in [3.63, 3.8) is 0 Å². The minimum Gasteiger partial charge on any atom is -0.365 e. The second kappa shape index (κ2) is 6.49. The van der Waals surface area contributed by atoms with Crippen LogP contribution in [0.25, 0.3) is 10.7 Å². The van der Waals surface area contributed by atoms with Gasteiger partial charge in [-0.15, -0.1) is 11.3 Å². The van der Waals surface area contributed by atoms with Gasteiger partial charge in [0.2, 0.25) is 11.8 Å². The molecule has 2 aromatic rings. The molecule has 0 aliphatic heterocycles. The van der Waals surface area contributed by atoms with E-state index in [0.717, 1.165) is 25.7 Å². The third-order valence-corrected chi connectivity index (χ3v) is 4.81. The molecule has 2 aromatic heterocycles. The highest BCUT2D eigenvalue weighted by Crippen LogP contribution is 2.36. The van der Waals surface area contributed by atoms with Gasteiger partial charge in [-0.05, 0) is 12.8 Å². The Hall–Kier alpha value is -2.22. The molecule has 0 bridgehead atoms. The summed E-state index contributed by atoms with van der Waals surface area (Å²) < 4.78 is 5.40. The first-order chi connectivity index (χ1) is 11.1. The number of aromatic nitrogens is 2. The molecule has 1 saturated carbocycles. The molecule has 2 heterocycles. The van der Waals surface area contributed by atoms with Gasteiger partial charge in [-0.1, -0.05) is 24.9 Å². The molecular formula is C15H18N4O3S. The lowest BCUT2D eigenvalue weighted by Gasteiger charge is -2.26. The Kier molecular flexibility index (Phi) is 4.42. The molecule has 1 aliphatic carbocycles. The summed E-state index contributed by atoms with van der Waals surface area (Å²) in [6.07, 6.45) is 5.82. The van der Waals surface area contributed by atoms with E-state index in [-0.39, 0.29) is 23.4 Å². The minimum atomic E-state index is -0.668. The number of rotatable bonds is 5. The second-order valence-corrected chi connectivity index (χ2v) is 6.36. The van der Waals surface area contributed by atoms with E-state index in [1.165, 1.54) is 11.3 Å². The van der Waals surface area contributed by atoms with Crippen molar-refractivity contribution in [3.05, 3.63) is 17.1 Å². The number of amides is 2. The van der Waals surface area contributed by atoms with Crippen molar-refractivity contribution in [2.45, 2.75) is 45.1 Å². The molecule has 1 aliphatic rings. The third-order valence-electron chi connectivity index (χ3n) is 4.04. The Bertz CT molecular complexity index is 704. The zero-order valence-corrected chi connectivity index (χ0v) is 13.6. The first kappa shape index (κ1) is 15.7. The van der Waals surface area contributed by atoms with Gasteiger partial charge in [-0.3, -0.25) is 14.5 Å². The van der Waals surface area contributed by atoms with Crippen LogP contribution in [0.4, 0.5) is 5.88 Å². The number of hydrogen-bond donors (Lipinski definition) is 1. The zero-order chi connectivity index (χ0) is 16.4. The van der Waals surface area contributed by atoms with Gasteiger partial charge in [0.15, 0.2) is 5.69 Å².